The number of carbonyl (C=O) groups is 1. The van der Waals surface area contributed by atoms with Gasteiger partial charge in [-0.05, 0) is 12.0 Å². The normalized spacial score (nSPS) is 11.2. The predicted molar refractivity (Wildman–Crippen MR) is 121 cm³/mol. The molecule has 1 N–H and O–H groups in total. The molecule has 2 aromatic heterocycles. The number of aliphatic hydroxyl groups is 1. The Hall–Kier alpha value is -3.78. The van der Waals surface area contributed by atoms with Crippen LogP contribution in [0.1, 0.15) is 35.1 Å². The summed E-state index contributed by atoms with van der Waals surface area (Å²) in [6, 6.07) is 18.1. The quantitative estimate of drug-likeness (QED) is 0.430. The van der Waals surface area contributed by atoms with Crippen LogP contribution >= 0.6 is 0 Å². The van der Waals surface area contributed by atoms with Crippen LogP contribution < -0.4 is 11.2 Å². The van der Waals surface area contributed by atoms with Gasteiger partial charge < -0.3 is 9.67 Å². The van der Waals surface area contributed by atoms with Crippen LogP contribution in [0.25, 0.3) is 11.2 Å². The highest BCUT2D eigenvalue weighted by Gasteiger charge is 2.23. The molecule has 0 saturated carbocycles. The van der Waals surface area contributed by atoms with Gasteiger partial charge in [-0.2, -0.15) is 0 Å². The molecule has 0 bridgehead atoms. The highest BCUT2D eigenvalue weighted by atomic mass is 16.3. The summed E-state index contributed by atoms with van der Waals surface area (Å²) in [6.07, 6.45) is 0.593. The van der Waals surface area contributed by atoms with Crippen molar-refractivity contribution < 1.29 is 9.90 Å². The van der Waals surface area contributed by atoms with E-state index in [0.29, 0.717) is 12.0 Å². The molecule has 0 aliphatic heterocycles. The van der Waals surface area contributed by atoms with Gasteiger partial charge in [0.1, 0.15) is 12.4 Å². The van der Waals surface area contributed by atoms with Gasteiger partial charge in [-0.25, -0.2) is 9.78 Å². The molecular formula is C24H24N4O4. The molecule has 0 spiro atoms. The van der Waals surface area contributed by atoms with Crippen LogP contribution in [0.2, 0.25) is 0 Å². The summed E-state index contributed by atoms with van der Waals surface area (Å²) in [7, 11) is 0. The van der Waals surface area contributed by atoms with E-state index in [-0.39, 0.29) is 42.4 Å². The molecule has 32 heavy (non-hydrogen) atoms. The number of aromatic nitrogens is 4. The SMILES string of the molecule is CCCn1c(=O)c2c(nc(CO)n2CC(=O)c2ccccc2)n(Cc2ccccc2)c1=O. The Kier molecular flexibility index (Phi) is 6.13. The monoisotopic (exact) mass is 432 g/mol. The van der Waals surface area contributed by atoms with Crippen molar-refractivity contribution in [1.29, 1.82) is 0 Å². The first-order valence-electron chi connectivity index (χ1n) is 10.5. The fourth-order valence-electron chi connectivity index (χ4n) is 3.81. The lowest BCUT2D eigenvalue weighted by Crippen LogP contribution is -2.41. The second-order valence-corrected chi connectivity index (χ2v) is 7.54. The molecule has 0 fully saturated rings. The summed E-state index contributed by atoms with van der Waals surface area (Å²) < 4.78 is 4.04. The van der Waals surface area contributed by atoms with Crippen LogP contribution in [0.3, 0.4) is 0 Å². The third-order valence-electron chi connectivity index (χ3n) is 5.36. The van der Waals surface area contributed by atoms with Crippen molar-refractivity contribution in [1.82, 2.24) is 18.7 Å². The number of hydrogen-bond acceptors (Lipinski definition) is 5. The summed E-state index contributed by atoms with van der Waals surface area (Å²) in [4.78, 5) is 43.8. The van der Waals surface area contributed by atoms with Gasteiger partial charge in [-0.3, -0.25) is 18.7 Å². The molecular weight excluding hydrogens is 408 g/mol. The van der Waals surface area contributed by atoms with Crippen molar-refractivity contribution in [3.8, 4) is 0 Å². The van der Waals surface area contributed by atoms with E-state index in [1.165, 1.54) is 13.7 Å². The van der Waals surface area contributed by atoms with Crippen molar-refractivity contribution in [3.63, 3.8) is 0 Å². The molecule has 4 aromatic rings. The number of fused-ring (bicyclic) bond motifs is 1. The first-order chi connectivity index (χ1) is 15.5. The van der Waals surface area contributed by atoms with E-state index in [1.807, 2.05) is 43.3 Å². The molecule has 0 aliphatic carbocycles. The third-order valence-corrected chi connectivity index (χ3v) is 5.36. The molecule has 0 amide bonds. The first kappa shape index (κ1) is 21.5. The zero-order valence-corrected chi connectivity index (χ0v) is 17.8. The lowest BCUT2D eigenvalue weighted by Gasteiger charge is -2.12. The Morgan fingerprint density at radius 2 is 1.59 bits per heavy atom. The second kappa shape index (κ2) is 9.15. The van der Waals surface area contributed by atoms with Gasteiger partial charge in [0.25, 0.3) is 5.56 Å². The zero-order chi connectivity index (χ0) is 22.7. The largest absolute Gasteiger partial charge is 0.388 e. The van der Waals surface area contributed by atoms with Gasteiger partial charge in [-0.15, -0.1) is 0 Å². The average Bonchev–Trinajstić information content (AvgIpc) is 3.19. The minimum absolute atomic E-state index is 0.141. The van der Waals surface area contributed by atoms with Crippen LogP contribution in [0, 0.1) is 0 Å². The summed E-state index contributed by atoms with van der Waals surface area (Å²) in [6.45, 7) is 1.71. The summed E-state index contributed by atoms with van der Waals surface area (Å²) in [5, 5.41) is 9.93. The maximum Gasteiger partial charge on any atom is 0.333 e. The number of hydrogen-bond donors (Lipinski definition) is 1. The van der Waals surface area contributed by atoms with Crippen LogP contribution in [0.15, 0.2) is 70.3 Å². The Labute approximate surface area is 184 Å². The lowest BCUT2D eigenvalue weighted by molar-refractivity contribution is 0.0970. The molecule has 164 valence electrons. The smallest absolute Gasteiger partial charge is 0.333 e. The molecule has 0 radical (unpaired) electrons. The fourth-order valence-corrected chi connectivity index (χ4v) is 3.81. The Bertz CT molecular complexity index is 1370. The molecule has 4 rings (SSSR count). The Morgan fingerprint density at radius 3 is 2.22 bits per heavy atom. The van der Waals surface area contributed by atoms with Crippen LogP contribution in [-0.4, -0.2) is 29.6 Å². The minimum atomic E-state index is -0.510. The van der Waals surface area contributed by atoms with Gasteiger partial charge in [0.05, 0.1) is 13.1 Å². The molecule has 8 nitrogen and oxygen atoms in total. The van der Waals surface area contributed by atoms with Gasteiger partial charge in [0.15, 0.2) is 16.9 Å². The molecule has 0 saturated heterocycles. The van der Waals surface area contributed by atoms with Crippen molar-refractivity contribution in [2.45, 2.75) is 39.6 Å². The maximum absolute atomic E-state index is 13.3. The van der Waals surface area contributed by atoms with Gasteiger partial charge in [-0.1, -0.05) is 67.6 Å². The molecule has 0 aliphatic rings. The van der Waals surface area contributed by atoms with Gasteiger partial charge >= 0.3 is 5.69 Å². The molecule has 8 heteroatoms. The molecule has 2 heterocycles. The highest BCUT2D eigenvalue weighted by Crippen LogP contribution is 2.15. The summed E-state index contributed by atoms with van der Waals surface area (Å²) >= 11 is 0. The van der Waals surface area contributed by atoms with E-state index < -0.39 is 17.9 Å². The van der Waals surface area contributed by atoms with E-state index in [2.05, 4.69) is 4.98 Å². The topological polar surface area (TPSA) is 99.1 Å². The predicted octanol–water partition coefficient (Wildman–Crippen LogP) is 2.19. The number of carbonyl (C=O) groups excluding carboxylic acids is 1. The van der Waals surface area contributed by atoms with Crippen molar-refractivity contribution in [2.24, 2.45) is 0 Å². The number of benzene rings is 2. The second-order valence-electron chi connectivity index (χ2n) is 7.54. The first-order valence-corrected chi connectivity index (χ1v) is 10.5. The summed E-state index contributed by atoms with van der Waals surface area (Å²) in [5.41, 5.74) is 0.701. The van der Waals surface area contributed by atoms with E-state index in [1.54, 1.807) is 24.3 Å². The molecule has 0 unspecified atom stereocenters. The average molecular weight is 432 g/mol. The molecule has 0 atom stereocenters. The van der Waals surface area contributed by atoms with E-state index in [4.69, 9.17) is 0 Å². The van der Waals surface area contributed by atoms with Crippen molar-refractivity contribution in [3.05, 3.63) is 98.5 Å². The van der Waals surface area contributed by atoms with Crippen molar-refractivity contribution >= 4 is 16.9 Å². The summed E-state index contributed by atoms with van der Waals surface area (Å²) in [5.74, 6) is -0.0568. The number of ketones is 1. The number of rotatable bonds is 8. The van der Waals surface area contributed by atoms with Gasteiger partial charge in [0, 0.05) is 12.1 Å². The maximum atomic E-state index is 13.3. The van der Waals surface area contributed by atoms with Gasteiger partial charge in [0.2, 0.25) is 0 Å². The molecule has 2 aromatic carbocycles. The Morgan fingerprint density at radius 1 is 0.938 bits per heavy atom. The standard InChI is InChI=1S/C24H24N4O4/c1-2-13-26-23(31)21-22(28(24(26)32)14-17-9-5-3-6-10-17)25-20(16-29)27(21)15-19(30)18-11-7-4-8-12-18/h3-12,29H,2,13-16H2,1H3. The van der Waals surface area contributed by atoms with E-state index >= 15 is 0 Å². The third kappa shape index (κ3) is 3.92. The number of nitrogens with zero attached hydrogens (tertiary/aromatic N) is 4. The number of Topliss-reactive ketones (excluding diaryl/α,β-unsaturated/α-hetero) is 1. The zero-order valence-electron chi connectivity index (χ0n) is 17.8. The van der Waals surface area contributed by atoms with Crippen LogP contribution in [-0.2, 0) is 26.2 Å². The van der Waals surface area contributed by atoms with Crippen LogP contribution in [0.5, 0.6) is 0 Å². The van der Waals surface area contributed by atoms with E-state index in [9.17, 15) is 19.5 Å². The fraction of sp³-hybridized carbons (Fsp3) is 0.250. The minimum Gasteiger partial charge on any atom is -0.388 e. The number of imidazole rings is 1. The lowest BCUT2D eigenvalue weighted by atomic mass is 10.1. The number of aliphatic hydroxyl groups excluding tert-OH is 1. The van der Waals surface area contributed by atoms with E-state index in [0.717, 1.165) is 5.56 Å². The van der Waals surface area contributed by atoms with Crippen molar-refractivity contribution in [2.75, 3.05) is 0 Å². The van der Waals surface area contributed by atoms with Crippen LogP contribution in [0.4, 0.5) is 0 Å². The Balaban J connectivity index is 1.94. The highest BCUT2D eigenvalue weighted by molar-refractivity contribution is 5.96.